The number of hydrogen-bond donors (Lipinski definition) is 1. The number of rotatable bonds is 7. The molecule has 8 fully saturated rings. The average molecular weight is 513 g/mol. The van der Waals surface area contributed by atoms with Crippen LogP contribution in [0.4, 0.5) is 0 Å². The topological polar surface area (TPSA) is 99.1 Å². The summed E-state index contributed by atoms with van der Waals surface area (Å²) in [4.78, 5) is 37.6. The summed E-state index contributed by atoms with van der Waals surface area (Å²) in [5.74, 6) is 0.396. The third kappa shape index (κ3) is 4.35. The number of esters is 3. The second-order valence-electron chi connectivity index (χ2n) is 13.9. The van der Waals surface area contributed by atoms with Gasteiger partial charge in [-0.2, -0.15) is 0 Å². The summed E-state index contributed by atoms with van der Waals surface area (Å²) < 4.78 is 18.0. The van der Waals surface area contributed by atoms with Crippen molar-refractivity contribution in [1.82, 2.24) is 0 Å². The summed E-state index contributed by atoms with van der Waals surface area (Å²) in [7, 11) is 0. The molecular formula is C30H40O7. The highest BCUT2D eigenvalue weighted by atomic mass is 16.6. The zero-order valence-electron chi connectivity index (χ0n) is 22.2. The Hall–Kier alpha value is -2.15. The van der Waals surface area contributed by atoms with Crippen LogP contribution < -0.4 is 0 Å². The summed E-state index contributed by atoms with van der Waals surface area (Å²) in [5.41, 5.74) is -1.67. The molecule has 8 aliphatic carbocycles. The summed E-state index contributed by atoms with van der Waals surface area (Å²) in [6.07, 6.45) is 8.88. The molecule has 0 aromatic carbocycles. The Bertz CT molecular complexity index is 1040. The SMILES string of the molecule is C=C(C)C(=O)OC12CC3CC(O)(CC(C1)C3CC(=C)C(=O)OC13CC4CC(CC(OC(C)=O)(C4)C1)C3)C2. The Morgan fingerprint density at radius 2 is 1.27 bits per heavy atom. The quantitative estimate of drug-likeness (QED) is 0.303. The molecular weight excluding hydrogens is 472 g/mol. The molecule has 0 radical (unpaired) electrons. The molecule has 7 heteroatoms. The zero-order valence-corrected chi connectivity index (χ0v) is 22.2. The molecule has 7 nitrogen and oxygen atoms in total. The van der Waals surface area contributed by atoms with E-state index in [2.05, 4.69) is 13.2 Å². The standard InChI is InChI=1S/C30H40O7/c1-17(2)25(32)36-30-13-22-11-27(34,15-30)12-23(14-30)24(22)5-18(3)26(33)37-29-9-20-6-21(10-29)8-28(7-20,16-29)35-19(4)31/h20-24,34H,1,3,5-16H2,2,4H3. The lowest BCUT2D eigenvalue weighted by molar-refractivity contribution is -0.232. The van der Waals surface area contributed by atoms with E-state index in [1.54, 1.807) is 6.92 Å². The van der Waals surface area contributed by atoms with Gasteiger partial charge in [-0.05, 0) is 101 Å². The summed E-state index contributed by atoms with van der Waals surface area (Å²) >= 11 is 0. The Morgan fingerprint density at radius 3 is 1.81 bits per heavy atom. The van der Waals surface area contributed by atoms with Gasteiger partial charge in [-0.15, -0.1) is 0 Å². The summed E-state index contributed by atoms with van der Waals surface area (Å²) in [6, 6.07) is 0. The third-order valence-corrected chi connectivity index (χ3v) is 10.5. The lowest BCUT2D eigenvalue weighted by Gasteiger charge is -2.62. The molecule has 202 valence electrons. The molecule has 0 aliphatic heterocycles. The lowest BCUT2D eigenvalue weighted by atomic mass is 9.47. The van der Waals surface area contributed by atoms with Crippen molar-refractivity contribution in [3.05, 3.63) is 24.3 Å². The fourth-order valence-electron chi connectivity index (χ4n) is 10.1. The largest absolute Gasteiger partial charge is 0.459 e. The van der Waals surface area contributed by atoms with Crippen LogP contribution >= 0.6 is 0 Å². The van der Waals surface area contributed by atoms with Crippen LogP contribution in [0.1, 0.15) is 90.9 Å². The maximum Gasteiger partial charge on any atom is 0.333 e. The van der Waals surface area contributed by atoms with Crippen LogP contribution in [-0.2, 0) is 28.6 Å². The van der Waals surface area contributed by atoms with Crippen LogP contribution in [0, 0.1) is 29.6 Å². The van der Waals surface area contributed by atoms with E-state index < -0.39 is 28.4 Å². The van der Waals surface area contributed by atoms with Gasteiger partial charge in [0.2, 0.25) is 0 Å². The maximum atomic E-state index is 13.4. The van der Waals surface area contributed by atoms with E-state index in [4.69, 9.17) is 14.2 Å². The van der Waals surface area contributed by atoms with Crippen LogP contribution in [0.15, 0.2) is 24.3 Å². The Kier molecular flexibility index (Phi) is 5.56. The first-order valence-corrected chi connectivity index (χ1v) is 14.0. The van der Waals surface area contributed by atoms with Crippen LogP contribution in [0.2, 0.25) is 0 Å². The van der Waals surface area contributed by atoms with Crippen molar-refractivity contribution in [3.8, 4) is 0 Å². The molecule has 0 heterocycles. The minimum atomic E-state index is -0.816. The van der Waals surface area contributed by atoms with Crippen LogP contribution in [0.3, 0.4) is 0 Å². The minimum Gasteiger partial charge on any atom is -0.459 e. The molecule has 0 amide bonds. The van der Waals surface area contributed by atoms with Crippen molar-refractivity contribution in [3.63, 3.8) is 0 Å². The smallest absolute Gasteiger partial charge is 0.333 e. The van der Waals surface area contributed by atoms with E-state index in [-0.39, 0.29) is 29.7 Å². The fraction of sp³-hybridized carbons (Fsp3) is 0.767. The first-order valence-electron chi connectivity index (χ1n) is 14.0. The molecule has 0 aromatic rings. The van der Waals surface area contributed by atoms with Gasteiger partial charge < -0.3 is 19.3 Å². The van der Waals surface area contributed by atoms with E-state index >= 15 is 0 Å². The van der Waals surface area contributed by atoms with Crippen LogP contribution in [0.5, 0.6) is 0 Å². The first kappa shape index (κ1) is 25.1. The number of carbonyl (C=O) groups excluding carboxylic acids is 3. The highest BCUT2D eigenvalue weighted by Gasteiger charge is 2.63. The summed E-state index contributed by atoms with van der Waals surface area (Å²) in [6.45, 7) is 11.0. The number of carbonyl (C=O) groups is 3. The Balaban J connectivity index is 1.13. The molecule has 0 aromatic heterocycles. The fourth-order valence-corrected chi connectivity index (χ4v) is 10.1. The second-order valence-corrected chi connectivity index (χ2v) is 13.9. The molecule has 0 saturated heterocycles. The highest BCUT2D eigenvalue weighted by molar-refractivity contribution is 5.88. The van der Waals surface area contributed by atoms with E-state index in [1.807, 2.05) is 0 Å². The van der Waals surface area contributed by atoms with Crippen molar-refractivity contribution in [2.45, 2.75) is 113 Å². The second kappa shape index (κ2) is 8.17. The normalized spacial score (nSPS) is 46.4. The van der Waals surface area contributed by atoms with Gasteiger partial charge >= 0.3 is 17.9 Å². The molecule has 8 saturated carbocycles. The van der Waals surface area contributed by atoms with Gasteiger partial charge in [0.1, 0.15) is 16.8 Å². The molecule has 4 unspecified atom stereocenters. The van der Waals surface area contributed by atoms with Crippen molar-refractivity contribution in [1.29, 1.82) is 0 Å². The van der Waals surface area contributed by atoms with E-state index in [0.29, 0.717) is 67.9 Å². The van der Waals surface area contributed by atoms with Crippen LogP contribution in [0.25, 0.3) is 0 Å². The van der Waals surface area contributed by atoms with Crippen LogP contribution in [-0.4, -0.2) is 45.4 Å². The van der Waals surface area contributed by atoms with Gasteiger partial charge in [0.25, 0.3) is 0 Å². The maximum absolute atomic E-state index is 13.4. The predicted molar refractivity (Wildman–Crippen MR) is 134 cm³/mol. The van der Waals surface area contributed by atoms with Gasteiger partial charge in [-0.25, -0.2) is 9.59 Å². The molecule has 8 bridgehead atoms. The summed E-state index contributed by atoms with van der Waals surface area (Å²) in [5, 5.41) is 11.2. The molecule has 8 rings (SSSR count). The monoisotopic (exact) mass is 512 g/mol. The van der Waals surface area contributed by atoms with Crippen molar-refractivity contribution >= 4 is 17.9 Å². The van der Waals surface area contributed by atoms with E-state index in [1.165, 1.54) is 6.92 Å². The lowest BCUT2D eigenvalue weighted by Crippen LogP contribution is -2.63. The third-order valence-electron chi connectivity index (χ3n) is 10.5. The molecule has 4 atom stereocenters. The molecule has 1 N–H and O–H groups in total. The average Bonchev–Trinajstić information content (AvgIpc) is 2.72. The predicted octanol–water partition coefficient (Wildman–Crippen LogP) is 4.56. The van der Waals surface area contributed by atoms with E-state index in [9.17, 15) is 19.5 Å². The molecule has 37 heavy (non-hydrogen) atoms. The van der Waals surface area contributed by atoms with Gasteiger partial charge in [0, 0.05) is 30.9 Å². The first-order chi connectivity index (χ1) is 17.3. The van der Waals surface area contributed by atoms with Gasteiger partial charge in [0.05, 0.1) is 5.60 Å². The van der Waals surface area contributed by atoms with E-state index in [0.717, 1.165) is 32.1 Å². The number of hydrogen-bond acceptors (Lipinski definition) is 7. The van der Waals surface area contributed by atoms with Crippen molar-refractivity contribution in [2.75, 3.05) is 0 Å². The van der Waals surface area contributed by atoms with Crippen molar-refractivity contribution in [2.24, 2.45) is 29.6 Å². The minimum absolute atomic E-state index is 0.167. The molecule has 8 aliphatic rings. The van der Waals surface area contributed by atoms with Gasteiger partial charge in [0.15, 0.2) is 0 Å². The molecule has 0 spiro atoms. The Morgan fingerprint density at radius 1 is 0.757 bits per heavy atom. The highest BCUT2D eigenvalue weighted by Crippen LogP contribution is 2.63. The van der Waals surface area contributed by atoms with Crippen molar-refractivity contribution < 1.29 is 33.7 Å². The zero-order chi connectivity index (χ0) is 26.4. The van der Waals surface area contributed by atoms with Gasteiger partial charge in [-0.3, -0.25) is 4.79 Å². The van der Waals surface area contributed by atoms with Gasteiger partial charge in [-0.1, -0.05) is 13.2 Å². The number of aliphatic hydroxyl groups is 1. The number of ether oxygens (including phenoxy) is 3. The Labute approximate surface area is 219 Å².